The van der Waals surface area contributed by atoms with E-state index < -0.39 is 0 Å². The molecular formula is C19H22N2O2. The van der Waals surface area contributed by atoms with Crippen LogP contribution in [-0.4, -0.2) is 12.2 Å². The van der Waals surface area contributed by atoms with Crippen molar-refractivity contribution < 1.29 is 9.59 Å². The highest BCUT2D eigenvalue weighted by atomic mass is 16.1. The molecule has 2 rings (SSSR count). The van der Waals surface area contributed by atoms with Crippen molar-refractivity contribution in [1.82, 2.24) is 0 Å². The smallest absolute Gasteiger partial charge is 0.211 e. The predicted octanol–water partition coefficient (Wildman–Crippen LogP) is 5.26. The molecule has 4 nitrogen and oxygen atoms in total. The second-order valence-corrected chi connectivity index (χ2v) is 3.92. The van der Waals surface area contributed by atoms with Gasteiger partial charge in [0.2, 0.25) is 12.2 Å². The van der Waals surface area contributed by atoms with Gasteiger partial charge in [-0.2, -0.15) is 9.98 Å². The van der Waals surface area contributed by atoms with Crippen molar-refractivity contribution in [3.63, 3.8) is 0 Å². The molecule has 0 N–H and O–H groups in total. The van der Waals surface area contributed by atoms with E-state index in [4.69, 9.17) is 0 Å². The fraction of sp³-hybridized carbons (Fsp3) is 0.263. The first-order chi connectivity index (χ1) is 11.3. The minimum atomic E-state index is 0.592. The van der Waals surface area contributed by atoms with Crippen LogP contribution in [0.5, 0.6) is 0 Å². The molecule has 0 unspecified atom stereocenters. The van der Waals surface area contributed by atoms with E-state index >= 15 is 0 Å². The highest BCUT2D eigenvalue weighted by Crippen LogP contribution is 2.17. The van der Waals surface area contributed by atoms with Gasteiger partial charge in [-0.3, -0.25) is 0 Å². The van der Waals surface area contributed by atoms with Crippen molar-refractivity contribution in [3.8, 4) is 0 Å². The fourth-order valence-electron chi connectivity index (χ4n) is 1.72. The quantitative estimate of drug-likeness (QED) is 0.571. The average molecular weight is 310 g/mol. The van der Waals surface area contributed by atoms with E-state index in [1.807, 2.05) is 52.0 Å². The van der Waals surface area contributed by atoms with Gasteiger partial charge in [-0.25, -0.2) is 9.59 Å². The summed E-state index contributed by atoms with van der Waals surface area (Å²) in [7, 11) is 0. The zero-order valence-corrected chi connectivity index (χ0v) is 14.0. The summed E-state index contributed by atoms with van der Waals surface area (Å²) < 4.78 is 0. The number of benzene rings is 2. The molecule has 0 amide bonds. The lowest BCUT2D eigenvalue weighted by molar-refractivity contribution is 0.564. The summed E-state index contributed by atoms with van der Waals surface area (Å²) >= 11 is 0. The van der Waals surface area contributed by atoms with Crippen LogP contribution in [0.3, 0.4) is 0 Å². The molecule has 0 aliphatic carbocycles. The number of carbonyl (C=O) groups excluding carboxylic acids is 2. The maximum Gasteiger partial charge on any atom is 0.240 e. The highest BCUT2D eigenvalue weighted by molar-refractivity contribution is 5.51. The van der Waals surface area contributed by atoms with E-state index in [1.165, 1.54) is 12.2 Å². The maximum absolute atomic E-state index is 10.1. The Bertz CT molecular complexity index is 589. The van der Waals surface area contributed by atoms with Crippen LogP contribution in [-0.2, 0) is 16.0 Å². The molecule has 0 aliphatic heterocycles. The summed E-state index contributed by atoms with van der Waals surface area (Å²) in [6.07, 6.45) is 3.77. The summed E-state index contributed by atoms with van der Waals surface area (Å²) in [5.41, 5.74) is 3.40. The van der Waals surface area contributed by atoms with Crippen LogP contribution in [0.2, 0.25) is 0 Å². The molecule has 0 aromatic heterocycles. The standard InChI is InChI=1S/C15H10N2O2.2C2H6/c18-10-16-14-5-1-12(2-6-14)9-13-3-7-15(8-4-13)17-11-19;2*1-2/h1-8H,9H2;2*1-2H3. The van der Waals surface area contributed by atoms with Gasteiger partial charge in [0.05, 0.1) is 11.4 Å². The van der Waals surface area contributed by atoms with E-state index in [1.54, 1.807) is 24.3 Å². The molecule has 0 heterocycles. The Hall–Kier alpha value is -2.80. The van der Waals surface area contributed by atoms with E-state index in [0.717, 1.165) is 17.5 Å². The molecule has 4 heteroatoms. The zero-order valence-electron chi connectivity index (χ0n) is 14.0. The molecule has 0 bridgehead atoms. The Morgan fingerprint density at radius 3 is 1.22 bits per heavy atom. The van der Waals surface area contributed by atoms with Gasteiger partial charge in [0.1, 0.15) is 0 Å². The number of aliphatic imine (C=N–C) groups is 2. The first-order valence-electron chi connectivity index (χ1n) is 7.65. The van der Waals surface area contributed by atoms with Crippen molar-refractivity contribution in [2.45, 2.75) is 34.1 Å². The van der Waals surface area contributed by atoms with Crippen molar-refractivity contribution in [2.24, 2.45) is 9.98 Å². The number of rotatable bonds is 4. The van der Waals surface area contributed by atoms with Gasteiger partial charge in [-0.1, -0.05) is 52.0 Å². The van der Waals surface area contributed by atoms with Crippen LogP contribution in [0.25, 0.3) is 0 Å². The SMILES string of the molecule is CC.CC.O=C=Nc1ccc(Cc2ccc(N=C=O)cc2)cc1. The second kappa shape index (κ2) is 12.9. The summed E-state index contributed by atoms with van der Waals surface area (Å²) in [5, 5.41) is 0. The van der Waals surface area contributed by atoms with Gasteiger partial charge in [-0.05, 0) is 41.8 Å². The monoisotopic (exact) mass is 310 g/mol. The predicted molar refractivity (Wildman–Crippen MR) is 93.9 cm³/mol. The lowest BCUT2D eigenvalue weighted by Crippen LogP contribution is -1.86. The number of hydrogen-bond donors (Lipinski definition) is 0. The molecule has 0 saturated heterocycles. The Labute approximate surface area is 137 Å². The Balaban J connectivity index is 0.00000112. The van der Waals surface area contributed by atoms with Gasteiger partial charge >= 0.3 is 0 Å². The highest BCUT2D eigenvalue weighted by Gasteiger charge is 1.97. The molecule has 0 fully saturated rings. The molecule has 2 aromatic rings. The van der Waals surface area contributed by atoms with Gasteiger partial charge in [0.25, 0.3) is 0 Å². The number of nitrogens with zero attached hydrogens (tertiary/aromatic N) is 2. The van der Waals surface area contributed by atoms with Crippen LogP contribution >= 0.6 is 0 Å². The Morgan fingerprint density at radius 2 is 0.957 bits per heavy atom. The van der Waals surface area contributed by atoms with Gasteiger partial charge in [-0.15, -0.1) is 0 Å². The Kier molecular flexibility index (Phi) is 11.3. The van der Waals surface area contributed by atoms with Crippen molar-refractivity contribution >= 4 is 23.5 Å². The average Bonchev–Trinajstić information content (AvgIpc) is 2.62. The van der Waals surface area contributed by atoms with Crippen molar-refractivity contribution in [1.29, 1.82) is 0 Å². The third-order valence-corrected chi connectivity index (χ3v) is 2.63. The number of hydrogen-bond acceptors (Lipinski definition) is 4. The second-order valence-electron chi connectivity index (χ2n) is 3.92. The van der Waals surface area contributed by atoms with E-state index in [-0.39, 0.29) is 0 Å². The molecule has 0 radical (unpaired) electrons. The summed E-state index contributed by atoms with van der Waals surface area (Å²) in [5.74, 6) is 0. The minimum absolute atomic E-state index is 0.592. The molecule has 120 valence electrons. The summed E-state index contributed by atoms with van der Waals surface area (Å²) in [6, 6.07) is 14.7. The summed E-state index contributed by atoms with van der Waals surface area (Å²) in [6.45, 7) is 8.00. The topological polar surface area (TPSA) is 58.9 Å². The van der Waals surface area contributed by atoms with E-state index in [2.05, 4.69) is 9.98 Å². The molecule has 0 spiro atoms. The normalized spacial score (nSPS) is 8.17. The molecule has 0 aliphatic rings. The first kappa shape index (κ1) is 20.2. The molecular weight excluding hydrogens is 288 g/mol. The first-order valence-corrected chi connectivity index (χ1v) is 7.65. The minimum Gasteiger partial charge on any atom is -0.211 e. The van der Waals surface area contributed by atoms with Crippen molar-refractivity contribution in [2.75, 3.05) is 0 Å². The van der Waals surface area contributed by atoms with Crippen LogP contribution in [0, 0.1) is 0 Å². The third kappa shape index (κ3) is 7.68. The lowest BCUT2D eigenvalue weighted by Gasteiger charge is -2.02. The van der Waals surface area contributed by atoms with Gasteiger partial charge < -0.3 is 0 Å². The van der Waals surface area contributed by atoms with Crippen LogP contribution in [0.15, 0.2) is 58.5 Å². The third-order valence-electron chi connectivity index (χ3n) is 2.63. The molecule has 0 atom stereocenters. The van der Waals surface area contributed by atoms with E-state index in [0.29, 0.717) is 11.4 Å². The molecule has 0 saturated carbocycles. The van der Waals surface area contributed by atoms with E-state index in [9.17, 15) is 9.59 Å². The largest absolute Gasteiger partial charge is 0.240 e. The Morgan fingerprint density at radius 1 is 0.652 bits per heavy atom. The van der Waals surface area contributed by atoms with Crippen molar-refractivity contribution in [3.05, 3.63) is 59.7 Å². The summed E-state index contributed by atoms with van der Waals surface area (Å²) in [4.78, 5) is 27.3. The van der Waals surface area contributed by atoms with Crippen LogP contribution in [0.4, 0.5) is 11.4 Å². The fourth-order valence-corrected chi connectivity index (χ4v) is 1.72. The zero-order chi connectivity index (χ0) is 17.5. The molecule has 23 heavy (non-hydrogen) atoms. The number of isocyanates is 2. The van der Waals surface area contributed by atoms with Crippen LogP contribution < -0.4 is 0 Å². The van der Waals surface area contributed by atoms with Gasteiger partial charge in [0, 0.05) is 0 Å². The van der Waals surface area contributed by atoms with Gasteiger partial charge in [0.15, 0.2) is 0 Å². The molecule has 2 aromatic carbocycles. The lowest BCUT2D eigenvalue weighted by atomic mass is 10.0. The maximum atomic E-state index is 10.1. The van der Waals surface area contributed by atoms with Crippen LogP contribution in [0.1, 0.15) is 38.8 Å².